The van der Waals surface area contributed by atoms with Crippen LogP contribution in [0.3, 0.4) is 0 Å². The number of nitrogens with one attached hydrogen (secondary N) is 1. The fourth-order valence-electron chi connectivity index (χ4n) is 2.58. The zero-order valence-corrected chi connectivity index (χ0v) is 12.6. The normalized spacial score (nSPS) is 10.8. The molecule has 22 heavy (non-hydrogen) atoms. The number of carbonyl (C=O) groups is 1. The second kappa shape index (κ2) is 6.43. The van der Waals surface area contributed by atoms with Gasteiger partial charge in [0.25, 0.3) is 5.91 Å². The van der Waals surface area contributed by atoms with Crippen LogP contribution >= 0.6 is 0 Å². The van der Waals surface area contributed by atoms with Gasteiger partial charge in [-0.2, -0.15) is 0 Å². The van der Waals surface area contributed by atoms with Crippen molar-refractivity contribution in [3.63, 3.8) is 0 Å². The Morgan fingerprint density at radius 2 is 2.00 bits per heavy atom. The van der Waals surface area contributed by atoms with Crippen LogP contribution in [-0.2, 0) is 6.42 Å². The standard InChI is InChI=1S/C18H19N3O/c1-2-21(12-8-14-5-9-19-10-6-14)18(22)16-4-3-15-7-11-20-17(15)13-16/h3-7,9-11,13,20H,2,8,12H2,1H3. The van der Waals surface area contributed by atoms with Crippen LogP contribution in [0, 0.1) is 0 Å². The van der Waals surface area contributed by atoms with Crippen LogP contribution in [0.5, 0.6) is 0 Å². The number of fused-ring (bicyclic) bond motifs is 1. The molecule has 0 saturated carbocycles. The third kappa shape index (κ3) is 3.01. The number of amides is 1. The molecule has 2 aromatic heterocycles. The molecule has 3 rings (SSSR count). The maximum atomic E-state index is 12.7. The zero-order chi connectivity index (χ0) is 15.4. The Morgan fingerprint density at radius 3 is 2.77 bits per heavy atom. The summed E-state index contributed by atoms with van der Waals surface area (Å²) in [6, 6.07) is 11.8. The van der Waals surface area contributed by atoms with E-state index >= 15 is 0 Å². The number of H-pyrrole nitrogens is 1. The monoisotopic (exact) mass is 293 g/mol. The molecule has 1 aromatic carbocycles. The lowest BCUT2D eigenvalue weighted by atomic mass is 10.1. The lowest BCUT2D eigenvalue weighted by Crippen LogP contribution is -2.32. The van der Waals surface area contributed by atoms with Gasteiger partial charge in [-0.05, 0) is 54.6 Å². The van der Waals surface area contributed by atoms with Gasteiger partial charge >= 0.3 is 0 Å². The van der Waals surface area contributed by atoms with Crippen molar-refractivity contribution in [2.75, 3.05) is 13.1 Å². The van der Waals surface area contributed by atoms with Gasteiger partial charge in [-0.25, -0.2) is 0 Å². The smallest absolute Gasteiger partial charge is 0.253 e. The molecule has 1 N–H and O–H groups in total. The fourth-order valence-corrected chi connectivity index (χ4v) is 2.58. The fraction of sp³-hybridized carbons (Fsp3) is 0.222. The summed E-state index contributed by atoms with van der Waals surface area (Å²) >= 11 is 0. The van der Waals surface area contributed by atoms with E-state index in [1.54, 1.807) is 12.4 Å². The van der Waals surface area contributed by atoms with E-state index in [1.165, 1.54) is 5.56 Å². The summed E-state index contributed by atoms with van der Waals surface area (Å²) in [6.45, 7) is 3.42. The third-order valence-corrected chi connectivity index (χ3v) is 3.89. The van der Waals surface area contributed by atoms with E-state index < -0.39 is 0 Å². The lowest BCUT2D eigenvalue weighted by Gasteiger charge is -2.21. The van der Waals surface area contributed by atoms with Crippen LogP contribution in [0.4, 0.5) is 0 Å². The number of nitrogens with zero attached hydrogens (tertiary/aromatic N) is 2. The molecule has 1 amide bonds. The van der Waals surface area contributed by atoms with Crippen LogP contribution in [-0.4, -0.2) is 33.9 Å². The molecule has 0 fully saturated rings. The molecule has 4 heteroatoms. The minimum Gasteiger partial charge on any atom is -0.361 e. The Balaban J connectivity index is 1.73. The summed E-state index contributed by atoms with van der Waals surface area (Å²) in [4.78, 5) is 21.7. The number of carbonyl (C=O) groups excluding carboxylic acids is 1. The Hall–Kier alpha value is -2.62. The number of pyridine rings is 1. The van der Waals surface area contributed by atoms with Crippen molar-refractivity contribution in [3.8, 4) is 0 Å². The van der Waals surface area contributed by atoms with Crippen molar-refractivity contribution < 1.29 is 4.79 Å². The van der Waals surface area contributed by atoms with Gasteiger partial charge in [-0.3, -0.25) is 9.78 Å². The largest absolute Gasteiger partial charge is 0.361 e. The molecule has 0 aliphatic carbocycles. The quantitative estimate of drug-likeness (QED) is 0.785. The molecular formula is C18H19N3O. The average molecular weight is 293 g/mol. The third-order valence-electron chi connectivity index (χ3n) is 3.89. The predicted molar refractivity (Wildman–Crippen MR) is 87.8 cm³/mol. The van der Waals surface area contributed by atoms with Gasteiger partial charge in [0.1, 0.15) is 0 Å². The van der Waals surface area contributed by atoms with Crippen molar-refractivity contribution in [1.29, 1.82) is 0 Å². The van der Waals surface area contributed by atoms with Gasteiger partial charge in [0, 0.05) is 42.8 Å². The van der Waals surface area contributed by atoms with E-state index in [2.05, 4.69) is 9.97 Å². The summed E-state index contributed by atoms with van der Waals surface area (Å²) in [6.07, 6.45) is 6.30. The zero-order valence-electron chi connectivity index (χ0n) is 12.6. The molecule has 0 spiro atoms. The van der Waals surface area contributed by atoms with Gasteiger partial charge < -0.3 is 9.88 Å². The molecule has 2 heterocycles. The topological polar surface area (TPSA) is 49.0 Å². The Kier molecular flexibility index (Phi) is 4.19. The lowest BCUT2D eigenvalue weighted by molar-refractivity contribution is 0.0766. The highest BCUT2D eigenvalue weighted by Gasteiger charge is 2.14. The first-order chi connectivity index (χ1) is 10.8. The second-order valence-corrected chi connectivity index (χ2v) is 5.27. The Bertz CT molecular complexity index is 764. The maximum Gasteiger partial charge on any atom is 0.253 e. The van der Waals surface area contributed by atoms with Crippen molar-refractivity contribution in [3.05, 3.63) is 66.1 Å². The summed E-state index contributed by atoms with van der Waals surface area (Å²) in [7, 11) is 0. The van der Waals surface area contributed by atoms with E-state index in [1.807, 2.05) is 54.4 Å². The highest BCUT2D eigenvalue weighted by molar-refractivity contribution is 5.97. The van der Waals surface area contributed by atoms with Crippen LogP contribution in [0.15, 0.2) is 55.0 Å². The highest BCUT2D eigenvalue weighted by Crippen LogP contribution is 2.16. The van der Waals surface area contributed by atoms with Crippen molar-refractivity contribution >= 4 is 16.8 Å². The number of likely N-dealkylation sites (N-methyl/N-ethyl adjacent to an activating group) is 1. The molecule has 0 aliphatic heterocycles. The molecule has 0 unspecified atom stereocenters. The number of aromatic amines is 1. The first-order valence-corrected chi connectivity index (χ1v) is 7.53. The summed E-state index contributed by atoms with van der Waals surface area (Å²) < 4.78 is 0. The summed E-state index contributed by atoms with van der Waals surface area (Å²) in [5.74, 6) is 0.0769. The minimum atomic E-state index is 0.0769. The number of hydrogen-bond acceptors (Lipinski definition) is 2. The molecule has 112 valence electrons. The van der Waals surface area contributed by atoms with Crippen LogP contribution in [0.25, 0.3) is 10.9 Å². The Labute approximate surface area is 129 Å². The summed E-state index contributed by atoms with van der Waals surface area (Å²) in [5.41, 5.74) is 2.92. The molecule has 0 saturated heterocycles. The van der Waals surface area contributed by atoms with Crippen molar-refractivity contribution in [2.24, 2.45) is 0 Å². The molecule has 0 radical (unpaired) electrons. The van der Waals surface area contributed by atoms with E-state index in [4.69, 9.17) is 0 Å². The molecule has 0 bridgehead atoms. The number of hydrogen-bond donors (Lipinski definition) is 1. The number of aromatic nitrogens is 2. The first-order valence-electron chi connectivity index (χ1n) is 7.53. The predicted octanol–water partition coefficient (Wildman–Crippen LogP) is 3.27. The van der Waals surface area contributed by atoms with Crippen molar-refractivity contribution in [1.82, 2.24) is 14.9 Å². The van der Waals surface area contributed by atoms with Gasteiger partial charge in [0.2, 0.25) is 0 Å². The van der Waals surface area contributed by atoms with Gasteiger partial charge in [0.15, 0.2) is 0 Å². The summed E-state index contributed by atoms with van der Waals surface area (Å²) in [5, 5.41) is 1.12. The van der Waals surface area contributed by atoms with E-state index in [9.17, 15) is 4.79 Å². The SMILES string of the molecule is CCN(CCc1ccncc1)C(=O)c1ccc2cc[nH]c2c1. The van der Waals surface area contributed by atoms with Crippen LogP contribution in [0.2, 0.25) is 0 Å². The molecule has 0 aliphatic rings. The molecule has 0 atom stereocenters. The maximum absolute atomic E-state index is 12.7. The molecular weight excluding hydrogens is 274 g/mol. The van der Waals surface area contributed by atoms with Gasteiger partial charge in [0.05, 0.1) is 0 Å². The minimum absolute atomic E-state index is 0.0769. The second-order valence-electron chi connectivity index (χ2n) is 5.27. The van der Waals surface area contributed by atoms with Crippen LogP contribution < -0.4 is 0 Å². The van der Waals surface area contributed by atoms with Gasteiger partial charge in [-0.15, -0.1) is 0 Å². The number of benzene rings is 1. The van der Waals surface area contributed by atoms with E-state index in [-0.39, 0.29) is 5.91 Å². The number of rotatable bonds is 5. The molecule has 4 nitrogen and oxygen atoms in total. The van der Waals surface area contributed by atoms with Gasteiger partial charge in [-0.1, -0.05) is 6.07 Å². The van der Waals surface area contributed by atoms with E-state index in [0.717, 1.165) is 22.9 Å². The van der Waals surface area contributed by atoms with Crippen LogP contribution in [0.1, 0.15) is 22.8 Å². The molecule has 3 aromatic rings. The van der Waals surface area contributed by atoms with Crippen molar-refractivity contribution in [2.45, 2.75) is 13.3 Å². The van der Waals surface area contributed by atoms with E-state index in [0.29, 0.717) is 13.1 Å². The highest BCUT2D eigenvalue weighted by atomic mass is 16.2. The average Bonchev–Trinajstić information content (AvgIpc) is 3.03. The Morgan fingerprint density at radius 1 is 1.18 bits per heavy atom. The first kappa shape index (κ1) is 14.3.